The third kappa shape index (κ3) is 5.60. The Morgan fingerprint density at radius 1 is 0.548 bits per heavy atom. The molecule has 0 saturated carbocycles. The maximum Gasteiger partial charge on any atom is 0.252 e. The van der Waals surface area contributed by atoms with Gasteiger partial charge in [-0.15, -0.1) is 0 Å². The lowest BCUT2D eigenvalue weighted by Gasteiger charge is -2.12. The molecule has 2 amide bonds. The largest absolute Gasteiger partial charge is 0.350 e. The van der Waals surface area contributed by atoms with E-state index in [-0.39, 0.29) is 24.9 Å². The van der Waals surface area contributed by atoms with Crippen molar-refractivity contribution in [3.05, 3.63) is 131 Å². The van der Waals surface area contributed by atoms with E-state index in [2.05, 4.69) is 10.6 Å². The Bertz CT molecular complexity index is 1790. The van der Waals surface area contributed by atoms with Gasteiger partial charge in [0.1, 0.15) is 0 Å². The van der Waals surface area contributed by atoms with Crippen LogP contribution in [0.25, 0.3) is 44.3 Å². The minimum absolute atomic E-state index is 0.216. The number of benzene rings is 4. The van der Waals surface area contributed by atoms with Gasteiger partial charge in [-0.1, -0.05) is 96.1 Å². The molecule has 0 saturated heterocycles. The molecule has 0 atom stereocenters. The maximum atomic E-state index is 13.4. The summed E-state index contributed by atoms with van der Waals surface area (Å²) in [6.45, 7) is 4.62. The van der Waals surface area contributed by atoms with Crippen molar-refractivity contribution in [1.29, 1.82) is 0 Å². The SMILES string of the molecule is Cc1ccc(-c2cc(C(=O)NCCNC(=O)c3cc(-c4ccc(C)cc4)nc4ccccc34)c3ccccc3n2)cc1. The Morgan fingerprint density at radius 2 is 0.929 bits per heavy atom. The monoisotopic (exact) mass is 550 g/mol. The molecule has 0 aliphatic carbocycles. The second-order valence-electron chi connectivity index (χ2n) is 10.4. The molecule has 4 aromatic carbocycles. The lowest BCUT2D eigenvalue weighted by Crippen LogP contribution is -2.35. The summed E-state index contributed by atoms with van der Waals surface area (Å²) in [5.74, 6) is -0.431. The maximum absolute atomic E-state index is 13.4. The van der Waals surface area contributed by atoms with E-state index in [1.54, 1.807) is 0 Å². The van der Waals surface area contributed by atoms with Gasteiger partial charge in [0, 0.05) is 35.0 Å². The van der Waals surface area contributed by atoms with Crippen LogP contribution in [0.4, 0.5) is 0 Å². The quantitative estimate of drug-likeness (QED) is 0.212. The van der Waals surface area contributed by atoms with E-state index in [0.29, 0.717) is 11.1 Å². The molecule has 6 rings (SSSR count). The molecule has 2 aromatic heterocycles. The van der Waals surface area contributed by atoms with Gasteiger partial charge in [0.05, 0.1) is 33.5 Å². The Kier molecular flexibility index (Phi) is 7.43. The average molecular weight is 551 g/mol. The van der Waals surface area contributed by atoms with Crippen LogP contribution in [0.3, 0.4) is 0 Å². The van der Waals surface area contributed by atoms with E-state index in [0.717, 1.165) is 55.4 Å². The number of aromatic nitrogens is 2. The van der Waals surface area contributed by atoms with E-state index in [1.165, 1.54) is 0 Å². The minimum atomic E-state index is -0.216. The summed E-state index contributed by atoms with van der Waals surface area (Å²) < 4.78 is 0. The first-order valence-corrected chi connectivity index (χ1v) is 14.0. The summed E-state index contributed by atoms with van der Waals surface area (Å²) in [6.07, 6.45) is 0. The highest BCUT2D eigenvalue weighted by molar-refractivity contribution is 6.08. The van der Waals surface area contributed by atoms with Crippen molar-refractivity contribution in [2.24, 2.45) is 0 Å². The summed E-state index contributed by atoms with van der Waals surface area (Å²) in [7, 11) is 0. The summed E-state index contributed by atoms with van der Waals surface area (Å²) in [4.78, 5) is 36.3. The number of pyridine rings is 2. The van der Waals surface area contributed by atoms with Gasteiger partial charge in [-0.3, -0.25) is 9.59 Å². The Balaban J connectivity index is 1.18. The van der Waals surface area contributed by atoms with Crippen molar-refractivity contribution >= 4 is 33.6 Å². The van der Waals surface area contributed by atoms with Crippen molar-refractivity contribution in [1.82, 2.24) is 20.6 Å². The fourth-order valence-corrected chi connectivity index (χ4v) is 5.01. The number of carbonyl (C=O) groups excluding carboxylic acids is 2. The van der Waals surface area contributed by atoms with Gasteiger partial charge in [0.15, 0.2) is 0 Å². The van der Waals surface area contributed by atoms with E-state index in [1.807, 2.05) is 123 Å². The molecule has 0 bridgehead atoms. The molecule has 0 aliphatic rings. The number of amides is 2. The van der Waals surface area contributed by atoms with Crippen LogP contribution in [0.5, 0.6) is 0 Å². The number of fused-ring (bicyclic) bond motifs is 2. The number of carbonyl (C=O) groups is 2. The molecule has 6 heteroatoms. The zero-order valence-corrected chi connectivity index (χ0v) is 23.5. The third-order valence-electron chi connectivity index (χ3n) is 7.31. The zero-order chi connectivity index (χ0) is 29.1. The number of para-hydroxylation sites is 2. The summed E-state index contributed by atoms with van der Waals surface area (Å²) >= 11 is 0. The molecule has 6 aromatic rings. The molecular weight excluding hydrogens is 520 g/mol. The van der Waals surface area contributed by atoms with E-state index in [4.69, 9.17) is 9.97 Å². The summed E-state index contributed by atoms with van der Waals surface area (Å²) in [5, 5.41) is 7.50. The number of aryl methyl sites for hydroxylation is 2. The van der Waals surface area contributed by atoms with Gasteiger partial charge in [0.25, 0.3) is 11.8 Å². The molecule has 2 heterocycles. The van der Waals surface area contributed by atoms with E-state index in [9.17, 15) is 9.59 Å². The molecular formula is C36H30N4O2. The first-order valence-electron chi connectivity index (χ1n) is 14.0. The predicted octanol–water partition coefficient (Wildman–Crippen LogP) is 6.89. The van der Waals surface area contributed by atoms with Crippen LogP contribution >= 0.6 is 0 Å². The zero-order valence-electron chi connectivity index (χ0n) is 23.5. The van der Waals surface area contributed by atoms with E-state index < -0.39 is 0 Å². The van der Waals surface area contributed by atoms with Crippen molar-refractivity contribution in [3.8, 4) is 22.5 Å². The molecule has 0 radical (unpaired) electrons. The van der Waals surface area contributed by atoms with Gasteiger partial charge < -0.3 is 10.6 Å². The number of hydrogen-bond acceptors (Lipinski definition) is 4. The van der Waals surface area contributed by atoms with Gasteiger partial charge in [-0.25, -0.2) is 9.97 Å². The van der Waals surface area contributed by atoms with Gasteiger partial charge in [-0.05, 0) is 38.1 Å². The van der Waals surface area contributed by atoms with Crippen LogP contribution in [0.1, 0.15) is 31.8 Å². The van der Waals surface area contributed by atoms with Crippen LogP contribution < -0.4 is 10.6 Å². The smallest absolute Gasteiger partial charge is 0.252 e. The molecule has 6 nitrogen and oxygen atoms in total. The van der Waals surface area contributed by atoms with Gasteiger partial charge >= 0.3 is 0 Å². The van der Waals surface area contributed by atoms with E-state index >= 15 is 0 Å². The minimum Gasteiger partial charge on any atom is -0.350 e. The Hall–Kier alpha value is -5.36. The van der Waals surface area contributed by atoms with Crippen LogP contribution in [0.15, 0.2) is 109 Å². The first kappa shape index (κ1) is 26.8. The normalized spacial score (nSPS) is 11.0. The molecule has 42 heavy (non-hydrogen) atoms. The van der Waals surface area contributed by atoms with Crippen molar-refractivity contribution in [2.45, 2.75) is 13.8 Å². The van der Waals surface area contributed by atoms with Crippen LogP contribution in [-0.2, 0) is 0 Å². The predicted molar refractivity (Wildman–Crippen MR) is 168 cm³/mol. The summed E-state index contributed by atoms with van der Waals surface area (Å²) in [6, 6.07) is 35.1. The fraction of sp³-hybridized carbons (Fsp3) is 0.111. The van der Waals surface area contributed by atoms with Crippen molar-refractivity contribution in [3.63, 3.8) is 0 Å². The van der Waals surface area contributed by atoms with Crippen LogP contribution in [-0.4, -0.2) is 34.9 Å². The topological polar surface area (TPSA) is 84.0 Å². The Labute approximate surface area is 244 Å². The van der Waals surface area contributed by atoms with Crippen LogP contribution in [0, 0.1) is 13.8 Å². The van der Waals surface area contributed by atoms with Gasteiger partial charge in [-0.2, -0.15) is 0 Å². The van der Waals surface area contributed by atoms with Gasteiger partial charge in [0.2, 0.25) is 0 Å². The molecule has 0 unspecified atom stereocenters. The third-order valence-corrected chi connectivity index (χ3v) is 7.31. The average Bonchev–Trinajstić information content (AvgIpc) is 3.02. The summed E-state index contributed by atoms with van der Waals surface area (Å²) in [5.41, 5.74) is 8.28. The molecule has 0 fully saturated rings. The highest BCUT2D eigenvalue weighted by Crippen LogP contribution is 2.26. The first-order chi connectivity index (χ1) is 20.5. The molecule has 2 N–H and O–H groups in total. The second-order valence-corrected chi connectivity index (χ2v) is 10.4. The highest BCUT2D eigenvalue weighted by Gasteiger charge is 2.16. The fourth-order valence-electron chi connectivity index (χ4n) is 5.01. The molecule has 0 aliphatic heterocycles. The molecule has 206 valence electrons. The number of nitrogens with zero attached hydrogens (tertiary/aromatic N) is 2. The molecule has 0 spiro atoms. The Morgan fingerprint density at radius 3 is 1.33 bits per heavy atom. The second kappa shape index (κ2) is 11.6. The lowest BCUT2D eigenvalue weighted by molar-refractivity contribution is 0.0929. The van der Waals surface area contributed by atoms with Crippen LogP contribution in [0.2, 0.25) is 0 Å². The van der Waals surface area contributed by atoms with Crippen molar-refractivity contribution in [2.75, 3.05) is 13.1 Å². The number of nitrogens with one attached hydrogen (secondary N) is 2. The highest BCUT2D eigenvalue weighted by atomic mass is 16.2. The number of rotatable bonds is 7. The standard InChI is InChI=1S/C36H30N4O2/c1-23-11-15-25(16-12-23)33-21-29(27-7-3-5-9-31(27)39-33)35(41)37-19-20-38-36(42)30-22-34(26-17-13-24(2)14-18-26)40-32-10-6-4-8-28(30)32/h3-18,21-22H,19-20H2,1-2H3,(H,37,41)(H,38,42). The lowest BCUT2D eigenvalue weighted by atomic mass is 10.0. The van der Waals surface area contributed by atoms with Crippen molar-refractivity contribution < 1.29 is 9.59 Å². The number of hydrogen-bond donors (Lipinski definition) is 2.